The number of alkyl halides is 1. The lowest BCUT2D eigenvalue weighted by Gasteiger charge is -2.04. The van der Waals surface area contributed by atoms with Crippen molar-refractivity contribution in [1.82, 2.24) is 5.32 Å². The summed E-state index contributed by atoms with van der Waals surface area (Å²) in [4.78, 5) is 12.4. The predicted molar refractivity (Wildman–Crippen MR) is 62.6 cm³/mol. The average molecular weight is 248 g/mol. The first-order valence-corrected chi connectivity index (χ1v) is 6.17. The van der Waals surface area contributed by atoms with Gasteiger partial charge in [0.1, 0.15) is 0 Å². The maximum atomic E-state index is 11.4. The third-order valence-electron chi connectivity index (χ3n) is 1.70. The van der Waals surface area contributed by atoms with E-state index < -0.39 is 0 Å². The van der Waals surface area contributed by atoms with Gasteiger partial charge in [-0.3, -0.25) is 4.79 Å². The summed E-state index contributed by atoms with van der Waals surface area (Å²) < 4.78 is 5.12. The first-order valence-electron chi connectivity index (χ1n) is 4.75. The maximum absolute atomic E-state index is 11.4. The van der Waals surface area contributed by atoms with E-state index in [0.29, 0.717) is 32.1 Å². The molecule has 0 aromatic carbocycles. The fourth-order valence-corrected chi connectivity index (χ4v) is 1.87. The van der Waals surface area contributed by atoms with Crippen molar-refractivity contribution in [3.05, 3.63) is 22.4 Å². The van der Waals surface area contributed by atoms with E-state index in [4.69, 9.17) is 16.3 Å². The molecular weight excluding hydrogens is 234 g/mol. The van der Waals surface area contributed by atoms with Crippen LogP contribution in [0.15, 0.2) is 17.5 Å². The van der Waals surface area contributed by atoms with E-state index in [1.807, 2.05) is 17.5 Å². The lowest BCUT2D eigenvalue weighted by molar-refractivity contribution is -0.120. The quantitative estimate of drug-likeness (QED) is 0.588. The molecular formula is C10H14ClNO2S. The first kappa shape index (κ1) is 12.5. The summed E-state index contributed by atoms with van der Waals surface area (Å²) in [7, 11) is 0. The van der Waals surface area contributed by atoms with Gasteiger partial charge in [0.05, 0.1) is 19.6 Å². The third-order valence-corrected chi connectivity index (χ3v) is 2.74. The third kappa shape index (κ3) is 5.77. The normalized spacial score (nSPS) is 10.2. The van der Waals surface area contributed by atoms with Crippen molar-refractivity contribution in [1.29, 1.82) is 0 Å². The van der Waals surface area contributed by atoms with Crippen LogP contribution in [0.25, 0.3) is 0 Å². The molecule has 1 rings (SSSR count). The standard InChI is InChI=1S/C10H14ClNO2S/c11-3-5-14-6-4-12-10(13)8-9-2-1-7-15-9/h1-2,7H,3-6,8H2,(H,12,13). The van der Waals surface area contributed by atoms with Gasteiger partial charge in [-0.2, -0.15) is 0 Å². The van der Waals surface area contributed by atoms with Crippen LogP contribution in [-0.2, 0) is 16.0 Å². The molecule has 0 saturated heterocycles. The van der Waals surface area contributed by atoms with Gasteiger partial charge in [0.25, 0.3) is 0 Å². The van der Waals surface area contributed by atoms with Crippen LogP contribution in [0.1, 0.15) is 4.88 Å². The highest BCUT2D eigenvalue weighted by atomic mass is 35.5. The summed E-state index contributed by atoms with van der Waals surface area (Å²) >= 11 is 7.02. The summed E-state index contributed by atoms with van der Waals surface area (Å²) in [5.41, 5.74) is 0. The Morgan fingerprint density at radius 1 is 1.53 bits per heavy atom. The first-order chi connectivity index (χ1) is 7.33. The zero-order chi connectivity index (χ0) is 10.9. The predicted octanol–water partition coefficient (Wildman–Crippen LogP) is 1.66. The largest absolute Gasteiger partial charge is 0.378 e. The van der Waals surface area contributed by atoms with E-state index in [1.165, 1.54) is 0 Å². The second kappa shape index (κ2) is 7.68. The minimum atomic E-state index is 0.0342. The van der Waals surface area contributed by atoms with E-state index in [0.717, 1.165) is 4.88 Å². The number of rotatable bonds is 7. The van der Waals surface area contributed by atoms with Gasteiger partial charge in [0.2, 0.25) is 5.91 Å². The number of hydrogen-bond donors (Lipinski definition) is 1. The SMILES string of the molecule is O=C(Cc1cccs1)NCCOCCCl. The summed E-state index contributed by atoms with van der Waals surface area (Å²) in [6.45, 7) is 1.59. The van der Waals surface area contributed by atoms with Gasteiger partial charge in [-0.1, -0.05) is 6.07 Å². The van der Waals surface area contributed by atoms with Gasteiger partial charge in [-0.25, -0.2) is 0 Å². The number of hydrogen-bond acceptors (Lipinski definition) is 3. The van der Waals surface area contributed by atoms with E-state index >= 15 is 0 Å². The second-order valence-electron chi connectivity index (χ2n) is 2.91. The summed E-state index contributed by atoms with van der Waals surface area (Å²) in [5.74, 6) is 0.523. The van der Waals surface area contributed by atoms with Crippen LogP contribution in [0.4, 0.5) is 0 Å². The van der Waals surface area contributed by atoms with Crippen LogP contribution in [-0.4, -0.2) is 31.5 Å². The van der Waals surface area contributed by atoms with Crippen molar-refractivity contribution in [3.63, 3.8) is 0 Å². The number of carbonyl (C=O) groups excluding carboxylic acids is 1. The fourth-order valence-electron chi connectivity index (χ4n) is 1.05. The zero-order valence-corrected chi connectivity index (χ0v) is 9.94. The van der Waals surface area contributed by atoms with Gasteiger partial charge in [0.15, 0.2) is 0 Å². The molecule has 5 heteroatoms. The molecule has 0 bridgehead atoms. The van der Waals surface area contributed by atoms with Gasteiger partial charge >= 0.3 is 0 Å². The average Bonchev–Trinajstić information content (AvgIpc) is 2.70. The maximum Gasteiger partial charge on any atom is 0.225 e. The highest BCUT2D eigenvalue weighted by molar-refractivity contribution is 7.10. The molecule has 0 atom stereocenters. The Labute approximate surface area is 98.4 Å². The second-order valence-corrected chi connectivity index (χ2v) is 4.32. The number of thiophene rings is 1. The van der Waals surface area contributed by atoms with Crippen LogP contribution in [0.5, 0.6) is 0 Å². The van der Waals surface area contributed by atoms with E-state index in [2.05, 4.69) is 5.32 Å². The van der Waals surface area contributed by atoms with Crippen molar-refractivity contribution < 1.29 is 9.53 Å². The molecule has 0 aliphatic heterocycles. The van der Waals surface area contributed by atoms with Gasteiger partial charge in [0, 0.05) is 17.3 Å². The van der Waals surface area contributed by atoms with Gasteiger partial charge in [-0.15, -0.1) is 22.9 Å². The van der Waals surface area contributed by atoms with E-state index in [9.17, 15) is 4.79 Å². The fraction of sp³-hybridized carbons (Fsp3) is 0.500. The molecule has 0 radical (unpaired) electrons. The van der Waals surface area contributed by atoms with Crippen molar-refractivity contribution in [3.8, 4) is 0 Å². The topological polar surface area (TPSA) is 38.3 Å². The van der Waals surface area contributed by atoms with Gasteiger partial charge < -0.3 is 10.1 Å². The molecule has 84 valence electrons. The number of halogens is 1. The Balaban J connectivity index is 2.04. The molecule has 0 fully saturated rings. The van der Waals surface area contributed by atoms with Crippen molar-refractivity contribution >= 4 is 28.8 Å². The van der Waals surface area contributed by atoms with Crippen LogP contribution in [0.2, 0.25) is 0 Å². The molecule has 0 spiro atoms. The van der Waals surface area contributed by atoms with E-state index in [1.54, 1.807) is 11.3 Å². The molecule has 15 heavy (non-hydrogen) atoms. The monoisotopic (exact) mass is 247 g/mol. The zero-order valence-electron chi connectivity index (χ0n) is 8.37. The molecule has 3 nitrogen and oxygen atoms in total. The minimum Gasteiger partial charge on any atom is -0.378 e. The highest BCUT2D eigenvalue weighted by Gasteiger charge is 2.02. The van der Waals surface area contributed by atoms with E-state index in [-0.39, 0.29) is 5.91 Å². The van der Waals surface area contributed by atoms with Crippen LogP contribution in [0.3, 0.4) is 0 Å². The molecule has 0 unspecified atom stereocenters. The van der Waals surface area contributed by atoms with Crippen LogP contribution < -0.4 is 5.32 Å². The number of ether oxygens (including phenoxy) is 1. The van der Waals surface area contributed by atoms with Crippen molar-refractivity contribution in [2.45, 2.75) is 6.42 Å². The van der Waals surface area contributed by atoms with Gasteiger partial charge in [-0.05, 0) is 11.4 Å². The number of amides is 1. The summed E-state index contributed by atoms with van der Waals surface area (Å²) in [6, 6.07) is 3.89. The molecule has 1 amide bonds. The summed E-state index contributed by atoms with van der Waals surface area (Å²) in [5, 5.41) is 4.74. The summed E-state index contributed by atoms with van der Waals surface area (Å²) in [6.07, 6.45) is 0.452. The highest BCUT2D eigenvalue weighted by Crippen LogP contribution is 2.08. The Kier molecular flexibility index (Phi) is 6.39. The molecule has 0 saturated carbocycles. The number of carbonyl (C=O) groups is 1. The molecule has 1 aromatic rings. The Bertz CT molecular complexity index is 277. The van der Waals surface area contributed by atoms with Crippen LogP contribution >= 0.6 is 22.9 Å². The molecule has 0 aliphatic rings. The molecule has 1 N–H and O–H groups in total. The minimum absolute atomic E-state index is 0.0342. The van der Waals surface area contributed by atoms with Crippen molar-refractivity contribution in [2.24, 2.45) is 0 Å². The molecule has 1 aromatic heterocycles. The Hall–Kier alpha value is -0.580. The Morgan fingerprint density at radius 2 is 2.40 bits per heavy atom. The number of nitrogens with one attached hydrogen (secondary N) is 1. The van der Waals surface area contributed by atoms with Crippen molar-refractivity contribution in [2.75, 3.05) is 25.6 Å². The Morgan fingerprint density at radius 3 is 3.07 bits per heavy atom. The molecule has 0 aliphatic carbocycles. The molecule has 1 heterocycles. The smallest absolute Gasteiger partial charge is 0.225 e. The van der Waals surface area contributed by atoms with Crippen LogP contribution in [0, 0.1) is 0 Å². The lowest BCUT2D eigenvalue weighted by Crippen LogP contribution is -2.28. The lowest BCUT2D eigenvalue weighted by atomic mass is 10.3.